The zero-order chi connectivity index (χ0) is 29.4. The Morgan fingerprint density at radius 1 is 1.05 bits per heavy atom. The Morgan fingerprint density at radius 2 is 1.76 bits per heavy atom. The van der Waals surface area contributed by atoms with Crippen LogP contribution in [0.5, 0.6) is 0 Å². The Bertz CT molecular complexity index is 1180. The lowest BCUT2D eigenvalue weighted by molar-refractivity contribution is -0.139. The number of nitrogens with one attached hydrogen (secondary N) is 2. The van der Waals surface area contributed by atoms with Crippen molar-refractivity contribution < 1.29 is 14.4 Å². The number of rotatable bonds is 12. The summed E-state index contributed by atoms with van der Waals surface area (Å²) < 4.78 is 0. The van der Waals surface area contributed by atoms with Crippen LogP contribution in [0.25, 0.3) is 0 Å². The van der Waals surface area contributed by atoms with Crippen molar-refractivity contribution in [2.75, 3.05) is 19.6 Å². The molecule has 1 aliphatic heterocycles. The van der Waals surface area contributed by atoms with E-state index in [1.165, 1.54) is 5.56 Å². The predicted molar refractivity (Wildman–Crippen MR) is 158 cm³/mol. The Kier molecular flexibility index (Phi) is 10.5. The Labute approximate surface area is 242 Å². The van der Waals surface area contributed by atoms with Crippen LogP contribution in [-0.2, 0) is 27.2 Å². The smallest absolute Gasteiger partial charge is 0.245 e. The molecule has 0 radical (unpaired) electrons. The number of nitrogens with zero attached hydrogens (tertiary/aromatic N) is 2. The zero-order valence-electron chi connectivity index (χ0n) is 24.1. The molecule has 2 aromatic rings. The van der Waals surface area contributed by atoms with Crippen LogP contribution in [0.1, 0.15) is 68.2 Å². The lowest BCUT2D eigenvalue weighted by Crippen LogP contribution is -2.57. The second kappa shape index (κ2) is 14.0. The molecule has 1 aromatic heterocycles. The van der Waals surface area contributed by atoms with Crippen molar-refractivity contribution in [3.05, 3.63) is 65.5 Å². The molecule has 1 fully saturated rings. The first kappa shape index (κ1) is 30.6. The molecule has 222 valence electrons. The first-order valence-corrected chi connectivity index (χ1v) is 14.9. The maximum Gasteiger partial charge on any atom is 0.245 e. The molecule has 2 heterocycles. The molecule has 1 aliphatic carbocycles. The second-order valence-electron chi connectivity index (χ2n) is 11.5. The number of aromatic nitrogens is 1. The van der Waals surface area contributed by atoms with Crippen molar-refractivity contribution in [3.8, 4) is 0 Å². The fraction of sp³-hybridized carbons (Fsp3) is 0.548. The molecule has 2 aliphatic rings. The van der Waals surface area contributed by atoms with E-state index in [0.29, 0.717) is 45.3 Å². The molecule has 3 amide bonds. The number of carbonyl (C=O) groups is 3. The van der Waals surface area contributed by atoms with Crippen LogP contribution < -0.4 is 27.8 Å². The van der Waals surface area contributed by atoms with Crippen LogP contribution in [0.4, 0.5) is 0 Å². The van der Waals surface area contributed by atoms with Crippen molar-refractivity contribution >= 4 is 17.7 Å². The third kappa shape index (κ3) is 7.30. The number of unbranched alkanes of at least 4 members (excludes halogenated alkanes) is 1. The van der Waals surface area contributed by atoms with Gasteiger partial charge < -0.3 is 32.7 Å². The van der Waals surface area contributed by atoms with E-state index in [2.05, 4.69) is 15.6 Å². The number of likely N-dealkylation sites (tertiary alicyclic amines) is 1. The molecule has 1 saturated heterocycles. The summed E-state index contributed by atoms with van der Waals surface area (Å²) in [5.74, 6) is -0.877. The number of hydrogen-bond acceptors (Lipinski definition) is 7. The first-order chi connectivity index (χ1) is 19.8. The van der Waals surface area contributed by atoms with Crippen molar-refractivity contribution in [1.82, 2.24) is 20.5 Å². The van der Waals surface area contributed by atoms with E-state index in [4.69, 9.17) is 17.2 Å². The van der Waals surface area contributed by atoms with Crippen LogP contribution in [-0.4, -0.2) is 65.4 Å². The molecule has 1 unspecified atom stereocenters. The van der Waals surface area contributed by atoms with Gasteiger partial charge in [0.2, 0.25) is 17.7 Å². The maximum atomic E-state index is 13.7. The monoisotopic (exact) mass is 563 g/mol. The highest BCUT2D eigenvalue weighted by atomic mass is 16.2. The van der Waals surface area contributed by atoms with Crippen LogP contribution in [0.15, 0.2) is 48.8 Å². The summed E-state index contributed by atoms with van der Waals surface area (Å²) in [5, 5.41) is 5.73. The van der Waals surface area contributed by atoms with Crippen LogP contribution >= 0.6 is 0 Å². The van der Waals surface area contributed by atoms with E-state index >= 15 is 0 Å². The molecule has 41 heavy (non-hydrogen) atoms. The number of benzene rings is 1. The van der Waals surface area contributed by atoms with Gasteiger partial charge in [-0.2, -0.15) is 0 Å². The Hall–Kier alpha value is -3.34. The van der Waals surface area contributed by atoms with Gasteiger partial charge in [0.1, 0.15) is 12.1 Å². The molecule has 0 saturated carbocycles. The maximum absolute atomic E-state index is 13.7. The molecule has 8 N–H and O–H groups in total. The highest BCUT2D eigenvalue weighted by molar-refractivity contribution is 5.93. The lowest BCUT2D eigenvalue weighted by atomic mass is 9.73. The number of amides is 3. The molecule has 1 spiro atoms. The van der Waals surface area contributed by atoms with E-state index in [1.54, 1.807) is 6.20 Å². The number of piperidine rings is 1. The van der Waals surface area contributed by atoms with Gasteiger partial charge in [-0.25, -0.2) is 0 Å². The summed E-state index contributed by atoms with van der Waals surface area (Å²) >= 11 is 0. The van der Waals surface area contributed by atoms with Gasteiger partial charge >= 0.3 is 0 Å². The zero-order valence-corrected chi connectivity index (χ0v) is 24.1. The summed E-state index contributed by atoms with van der Waals surface area (Å²) in [7, 11) is 0. The highest BCUT2D eigenvalue weighted by Crippen LogP contribution is 2.50. The van der Waals surface area contributed by atoms with Crippen molar-refractivity contribution in [2.45, 2.75) is 82.5 Å². The topological polar surface area (TPSA) is 169 Å². The minimum absolute atomic E-state index is 0.0695. The number of nitrogens with two attached hydrogens (primary N) is 3. The summed E-state index contributed by atoms with van der Waals surface area (Å²) in [4.78, 5) is 45.9. The van der Waals surface area contributed by atoms with Gasteiger partial charge in [-0.1, -0.05) is 37.3 Å². The largest absolute Gasteiger partial charge is 0.343 e. The van der Waals surface area contributed by atoms with Gasteiger partial charge in [-0.3, -0.25) is 19.4 Å². The van der Waals surface area contributed by atoms with Crippen LogP contribution in [0, 0.1) is 5.41 Å². The average molecular weight is 564 g/mol. The molecule has 4 rings (SSSR count). The fourth-order valence-corrected chi connectivity index (χ4v) is 6.20. The summed E-state index contributed by atoms with van der Waals surface area (Å²) in [6.45, 7) is 3.50. The average Bonchev–Trinajstić information content (AvgIpc) is 3.26. The highest BCUT2D eigenvalue weighted by Gasteiger charge is 2.47. The van der Waals surface area contributed by atoms with Gasteiger partial charge in [-0.15, -0.1) is 0 Å². The molecular weight excluding hydrogens is 518 g/mol. The third-order valence-electron chi connectivity index (χ3n) is 8.79. The van der Waals surface area contributed by atoms with E-state index in [0.717, 1.165) is 36.8 Å². The number of hydrogen-bond donors (Lipinski definition) is 5. The van der Waals surface area contributed by atoms with Crippen LogP contribution in [0.2, 0.25) is 0 Å². The fourth-order valence-electron chi connectivity index (χ4n) is 6.20. The number of carbonyl (C=O) groups excluding carboxylic acids is 3. The lowest BCUT2D eigenvalue weighted by Gasteiger charge is -2.43. The van der Waals surface area contributed by atoms with Crippen LogP contribution in [0.3, 0.4) is 0 Å². The minimum Gasteiger partial charge on any atom is -0.343 e. The van der Waals surface area contributed by atoms with Gasteiger partial charge in [0.05, 0.1) is 6.04 Å². The summed E-state index contributed by atoms with van der Waals surface area (Å²) in [5.41, 5.74) is 21.8. The van der Waals surface area contributed by atoms with Crippen molar-refractivity contribution in [1.29, 1.82) is 0 Å². The van der Waals surface area contributed by atoms with Crippen molar-refractivity contribution in [3.63, 3.8) is 0 Å². The number of pyridine rings is 1. The summed E-state index contributed by atoms with van der Waals surface area (Å²) in [6.07, 6.45) is 8.85. The van der Waals surface area contributed by atoms with Crippen molar-refractivity contribution in [2.24, 2.45) is 22.6 Å². The second-order valence-corrected chi connectivity index (χ2v) is 11.5. The van der Waals surface area contributed by atoms with Gasteiger partial charge in [0.15, 0.2) is 0 Å². The minimum atomic E-state index is -0.789. The van der Waals surface area contributed by atoms with Gasteiger partial charge in [-0.05, 0) is 86.1 Å². The summed E-state index contributed by atoms with van der Waals surface area (Å²) in [6, 6.07) is 9.18. The van der Waals surface area contributed by atoms with E-state index in [1.807, 2.05) is 54.4 Å². The Morgan fingerprint density at radius 3 is 2.41 bits per heavy atom. The quantitative estimate of drug-likeness (QED) is 0.243. The van der Waals surface area contributed by atoms with E-state index in [-0.39, 0.29) is 23.3 Å². The number of fused-ring (bicyclic) bond motifs is 1. The third-order valence-corrected chi connectivity index (χ3v) is 8.79. The molecule has 10 nitrogen and oxygen atoms in total. The predicted octanol–water partition coefficient (Wildman–Crippen LogP) is 1.32. The molecule has 1 aromatic carbocycles. The van der Waals surface area contributed by atoms with E-state index < -0.39 is 24.0 Å². The van der Waals surface area contributed by atoms with E-state index in [9.17, 15) is 14.4 Å². The molecule has 0 bridgehead atoms. The SMILES string of the molecule is CC[C@@H](NC(=O)[C@H](N)Cc1ccccc1)C(=O)N[C@H](CCCCN)C(=O)N1CCC2(CC1)Cc1cnccc1C2N. The standard InChI is InChI=1S/C31H45N7O3/c1-2-25(36-28(39)24(33)18-21-8-4-3-5-9-21)29(40)37-26(10-6-7-14-32)30(41)38-16-12-31(13-17-38)19-22-20-35-15-11-23(22)27(31)34/h3-5,8-9,11,15,20,24-27H,2,6-7,10,12-14,16-19,32-34H2,1H3,(H,36,39)(H,37,40)/t24-,25-,26-,27?/m1/s1. The Balaban J connectivity index is 1.36. The molecule has 4 atom stereocenters. The first-order valence-electron chi connectivity index (χ1n) is 14.9. The van der Waals surface area contributed by atoms with Gasteiger partial charge in [0.25, 0.3) is 0 Å². The molecular formula is C31H45N7O3. The molecule has 10 heteroatoms. The van der Waals surface area contributed by atoms with Gasteiger partial charge in [0, 0.05) is 31.5 Å². The normalized spacial score (nSPS) is 19.7.